The molecule has 0 bridgehead atoms. The fourth-order valence-corrected chi connectivity index (χ4v) is 4.88. The maximum Gasteiger partial charge on any atom is 0.307 e. The number of phosphoric ester groups is 1. The van der Waals surface area contributed by atoms with E-state index in [4.69, 9.17) is 9.63 Å². The van der Waals surface area contributed by atoms with E-state index in [1.807, 2.05) is 21.1 Å². The number of quaternary nitrogens is 1. The van der Waals surface area contributed by atoms with Crippen LogP contribution in [0.15, 0.2) is 0 Å². The molecule has 0 aromatic carbocycles. The van der Waals surface area contributed by atoms with Gasteiger partial charge in [-0.1, -0.05) is 84.0 Å². The van der Waals surface area contributed by atoms with E-state index in [2.05, 4.69) is 11.4 Å². The average Bonchev–Trinajstić information content (AvgIpc) is 2.87. The lowest BCUT2D eigenvalue weighted by Gasteiger charge is -2.36. The lowest BCUT2D eigenvalue weighted by atomic mass is 9.78. The number of ketones is 2. The van der Waals surface area contributed by atoms with Crippen molar-refractivity contribution in [1.82, 2.24) is 0 Å². The summed E-state index contributed by atoms with van der Waals surface area (Å²) < 4.78 is 20.0. The molecule has 11 nitrogen and oxygen atoms in total. The summed E-state index contributed by atoms with van der Waals surface area (Å²) in [6.07, 6.45) is 14.5. The number of carbonyl (C=O) groups excluding carboxylic acids is 3. The number of carbonyl (C=O) groups is 3. The van der Waals surface area contributed by atoms with Crippen LogP contribution in [0.1, 0.15) is 116 Å². The number of phosphoric acid groups is 1. The van der Waals surface area contributed by atoms with Crippen molar-refractivity contribution in [3.63, 3.8) is 0 Å². The van der Waals surface area contributed by atoms with Gasteiger partial charge in [-0.3, -0.25) is 18.9 Å². The van der Waals surface area contributed by atoms with Crippen LogP contribution in [0.3, 0.4) is 0 Å². The Morgan fingerprint density at radius 2 is 1.37 bits per heavy atom. The van der Waals surface area contributed by atoms with E-state index < -0.39 is 43.7 Å². The van der Waals surface area contributed by atoms with Crippen LogP contribution in [0.5, 0.6) is 0 Å². The molecule has 0 amide bonds. The van der Waals surface area contributed by atoms with E-state index >= 15 is 0 Å². The predicted molar refractivity (Wildman–Crippen MR) is 155 cm³/mol. The van der Waals surface area contributed by atoms with Crippen LogP contribution in [0.4, 0.5) is 0 Å². The van der Waals surface area contributed by atoms with Crippen molar-refractivity contribution in [3.8, 4) is 0 Å². The van der Waals surface area contributed by atoms with Crippen molar-refractivity contribution in [2.45, 2.75) is 128 Å². The molecule has 242 valence electrons. The van der Waals surface area contributed by atoms with Gasteiger partial charge in [0.25, 0.3) is 13.4 Å². The number of aliphatic hydroxyl groups excluding tert-OH is 2. The Bertz CT molecular complexity index is 777. The van der Waals surface area contributed by atoms with Crippen LogP contribution in [0, 0.1) is 0 Å². The van der Waals surface area contributed by atoms with Crippen LogP contribution in [0.2, 0.25) is 0 Å². The first-order chi connectivity index (χ1) is 19.2. The molecule has 0 aromatic rings. The number of Topliss-reactive ketones (excluding diaryl/α,β-unsaturated/α-hetero) is 2. The molecule has 0 aliphatic heterocycles. The third-order valence-electron chi connectivity index (χ3n) is 7.05. The van der Waals surface area contributed by atoms with Gasteiger partial charge in [0.15, 0.2) is 11.6 Å². The number of hydrogen-bond donors (Lipinski definition) is 3. The standard InChI is InChI=1S/C24H42O6.C5H14NO4P/c1-2-3-4-5-6-7-8-9-10-11-12-13-14-18-23(29)30-24(22(28)19-25)20(26)16-15-17-21(24)27;1-6(2,3)4-5-10-11(7,8)9/h22,25,28H,2-19H2,1H3;4-5H2,1-3H3,(H-,7,8,9)/t22-;/m0./s1. The monoisotopic (exact) mass is 609 g/mol. The molecule has 1 unspecified atom stereocenters. The molecule has 12 heteroatoms. The maximum atomic E-state index is 12.3. The first kappa shape index (κ1) is 39.8. The molecule has 0 saturated heterocycles. The Kier molecular flexibility index (Phi) is 20.9. The lowest BCUT2D eigenvalue weighted by molar-refractivity contribution is -0.870. The number of ether oxygens (including phenoxy) is 1. The SMILES string of the molecule is CCCCCCCCCCCCCCCC(=O)OC1([C@@H](O)CO)C(=O)CCCC1=O.C[N+](C)(C)CCOP(=O)([O-])O. The number of esters is 1. The molecule has 1 saturated carbocycles. The topological polar surface area (TPSA) is 170 Å². The van der Waals surface area contributed by atoms with Crippen molar-refractivity contribution in [3.05, 3.63) is 0 Å². The van der Waals surface area contributed by atoms with Gasteiger partial charge in [-0.05, 0) is 12.8 Å². The molecule has 0 aromatic heterocycles. The first-order valence-corrected chi connectivity index (χ1v) is 16.7. The summed E-state index contributed by atoms with van der Waals surface area (Å²) in [5, 5.41) is 19.3. The fourth-order valence-electron chi connectivity index (χ4n) is 4.57. The number of aliphatic hydroxyl groups is 2. The Hall–Kier alpha value is -1.20. The zero-order valence-electron chi connectivity index (χ0n) is 25.8. The molecule has 1 aliphatic carbocycles. The van der Waals surface area contributed by atoms with E-state index in [-0.39, 0.29) is 25.9 Å². The van der Waals surface area contributed by atoms with Gasteiger partial charge >= 0.3 is 5.97 Å². The van der Waals surface area contributed by atoms with Gasteiger partial charge in [-0.25, -0.2) is 0 Å². The van der Waals surface area contributed by atoms with Crippen molar-refractivity contribution in [2.24, 2.45) is 0 Å². The molecule has 0 heterocycles. The molecule has 0 radical (unpaired) electrons. The van der Waals surface area contributed by atoms with E-state index in [9.17, 15) is 34.1 Å². The van der Waals surface area contributed by atoms with Crippen LogP contribution >= 0.6 is 7.82 Å². The van der Waals surface area contributed by atoms with Crippen molar-refractivity contribution in [1.29, 1.82) is 0 Å². The van der Waals surface area contributed by atoms with Crippen LogP contribution in [0.25, 0.3) is 0 Å². The lowest BCUT2D eigenvalue weighted by Crippen LogP contribution is -2.61. The third kappa shape index (κ3) is 18.8. The molecular weight excluding hydrogens is 553 g/mol. The Morgan fingerprint density at radius 3 is 1.76 bits per heavy atom. The van der Waals surface area contributed by atoms with Gasteiger partial charge in [0.05, 0.1) is 27.7 Å². The minimum atomic E-state index is -4.51. The highest BCUT2D eigenvalue weighted by molar-refractivity contribution is 7.44. The van der Waals surface area contributed by atoms with Gasteiger partial charge in [-0.15, -0.1) is 0 Å². The molecule has 1 fully saturated rings. The van der Waals surface area contributed by atoms with Gasteiger partial charge < -0.3 is 33.7 Å². The molecule has 2 atom stereocenters. The van der Waals surface area contributed by atoms with Crippen molar-refractivity contribution >= 4 is 25.4 Å². The Balaban J connectivity index is 0.00000122. The molecule has 0 spiro atoms. The summed E-state index contributed by atoms with van der Waals surface area (Å²) in [4.78, 5) is 55.0. The second-order valence-electron chi connectivity index (χ2n) is 11.9. The number of unbranched alkanes of at least 4 members (excludes halogenated alkanes) is 12. The Labute approximate surface area is 246 Å². The van der Waals surface area contributed by atoms with E-state index in [0.29, 0.717) is 23.9 Å². The zero-order chi connectivity index (χ0) is 31.4. The summed E-state index contributed by atoms with van der Waals surface area (Å²) in [7, 11) is 1.19. The largest absolute Gasteiger partial charge is 0.756 e. The molecular formula is C29H56NO10P. The minimum Gasteiger partial charge on any atom is -0.756 e. The molecule has 3 N–H and O–H groups in total. The second kappa shape index (κ2) is 21.5. The maximum absolute atomic E-state index is 12.3. The van der Waals surface area contributed by atoms with Crippen LogP contribution < -0.4 is 4.89 Å². The fraction of sp³-hybridized carbons (Fsp3) is 0.897. The normalized spacial score (nSPS) is 17.4. The summed E-state index contributed by atoms with van der Waals surface area (Å²) in [6, 6.07) is 0. The highest BCUT2D eigenvalue weighted by Crippen LogP contribution is 2.30. The number of rotatable bonds is 21. The van der Waals surface area contributed by atoms with Crippen LogP contribution in [-0.4, -0.2) is 89.7 Å². The summed E-state index contributed by atoms with van der Waals surface area (Å²) in [5.41, 5.74) is -2.21. The summed E-state index contributed by atoms with van der Waals surface area (Å²) in [6.45, 7) is 1.98. The number of nitrogens with zero attached hydrogens (tertiary/aromatic N) is 1. The van der Waals surface area contributed by atoms with Gasteiger partial charge in [0.1, 0.15) is 19.3 Å². The third-order valence-corrected chi connectivity index (χ3v) is 7.56. The summed E-state index contributed by atoms with van der Waals surface area (Å²) in [5.74, 6) is -1.88. The van der Waals surface area contributed by atoms with Crippen LogP contribution in [-0.2, 0) is 28.2 Å². The van der Waals surface area contributed by atoms with Gasteiger partial charge in [0.2, 0.25) is 0 Å². The number of likely N-dealkylation sites (N-methyl/N-ethyl adjacent to an activating group) is 1. The predicted octanol–water partition coefficient (Wildman–Crippen LogP) is 3.59. The zero-order valence-corrected chi connectivity index (χ0v) is 26.7. The van der Waals surface area contributed by atoms with Crippen molar-refractivity contribution < 1.29 is 52.7 Å². The summed E-state index contributed by atoms with van der Waals surface area (Å²) >= 11 is 0. The highest BCUT2D eigenvalue weighted by atomic mass is 31.2. The first-order valence-electron chi connectivity index (χ1n) is 15.3. The van der Waals surface area contributed by atoms with Gasteiger partial charge in [0, 0.05) is 19.3 Å². The van der Waals surface area contributed by atoms with Crippen molar-refractivity contribution in [2.75, 3.05) is 40.9 Å². The molecule has 1 aliphatic rings. The second-order valence-corrected chi connectivity index (χ2v) is 13.1. The quantitative estimate of drug-likeness (QED) is 0.0574. The average molecular weight is 610 g/mol. The smallest absolute Gasteiger partial charge is 0.307 e. The Morgan fingerprint density at radius 1 is 0.927 bits per heavy atom. The van der Waals surface area contributed by atoms with E-state index in [0.717, 1.165) is 19.3 Å². The van der Waals surface area contributed by atoms with Gasteiger partial charge in [-0.2, -0.15) is 0 Å². The highest BCUT2D eigenvalue weighted by Gasteiger charge is 2.55. The van der Waals surface area contributed by atoms with E-state index in [1.165, 1.54) is 57.8 Å². The molecule has 41 heavy (non-hydrogen) atoms. The van der Waals surface area contributed by atoms with E-state index in [1.54, 1.807) is 0 Å². The molecule has 1 rings (SSSR count). The minimum absolute atomic E-state index is 0.0147. The number of hydrogen-bond acceptors (Lipinski definition) is 9.